The summed E-state index contributed by atoms with van der Waals surface area (Å²) in [7, 11) is 0. The van der Waals surface area contributed by atoms with Crippen molar-refractivity contribution in [2.75, 3.05) is 6.61 Å². The van der Waals surface area contributed by atoms with Gasteiger partial charge in [-0.1, -0.05) is 11.6 Å². The van der Waals surface area contributed by atoms with E-state index in [0.29, 0.717) is 23.4 Å². The lowest BCUT2D eigenvalue weighted by Gasteiger charge is -2.06. The van der Waals surface area contributed by atoms with Crippen molar-refractivity contribution in [1.82, 2.24) is 9.97 Å². The van der Waals surface area contributed by atoms with Crippen LogP contribution in [0.5, 0.6) is 17.4 Å². The van der Waals surface area contributed by atoms with E-state index in [4.69, 9.17) is 21.1 Å². The third kappa shape index (κ3) is 3.32. The minimum atomic E-state index is 0.299. The fraction of sp³-hybridized carbons (Fsp3) is 0.167. The predicted octanol–water partition coefficient (Wildman–Crippen LogP) is 3.32. The molecule has 0 saturated heterocycles. The summed E-state index contributed by atoms with van der Waals surface area (Å²) in [6, 6.07) is 7.26. The quantitative estimate of drug-likeness (QED) is 0.835. The molecule has 2 rings (SSSR count). The molecule has 17 heavy (non-hydrogen) atoms. The molecule has 1 aromatic carbocycles. The van der Waals surface area contributed by atoms with Gasteiger partial charge in [0.15, 0.2) is 5.15 Å². The summed E-state index contributed by atoms with van der Waals surface area (Å²) in [5.74, 6) is 1.82. The summed E-state index contributed by atoms with van der Waals surface area (Å²) >= 11 is 5.70. The molecule has 88 valence electrons. The molecule has 4 nitrogen and oxygen atoms in total. The van der Waals surface area contributed by atoms with Crippen molar-refractivity contribution in [1.29, 1.82) is 0 Å². The summed E-state index contributed by atoms with van der Waals surface area (Å²) in [5.41, 5.74) is 0. The topological polar surface area (TPSA) is 44.2 Å². The van der Waals surface area contributed by atoms with Gasteiger partial charge in [-0.15, -0.1) is 0 Å². The van der Waals surface area contributed by atoms with Gasteiger partial charge in [-0.05, 0) is 31.2 Å². The SMILES string of the molecule is CCOc1ccc(Oc2cncc(Cl)n2)cc1. The van der Waals surface area contributed by atoms with Crippen LogP contribution in [-0.2, 0) is 0 Å². The van der Waals surface area contributed by atoms with Crippen molar-refractivity contribution in [3.63, 3.8) is 0 Å². The first-order chi connectivity index (χ1) is 8.28. The van der Waals surface area contributed by atoms with Gasteiger partial charge in [0.2, 0.25) is 5.88 Å². The standard InChI is InChI=1S/C12H11ClN2O2/c1-2-16-9-3-5-10(6-4-9)17-12-8-14-7-11(13)15-12/h3-8H,2H2,1H3. The molecule has 0 spiro atoms. The molecule has 0 N–H and O–H groups in total. The van der Waals surface area contributed by atoms with Crippen LogP contribution in [0.1, 0.15) is 6.92 Å². The lowest BCUT2D eigenvalue weighted by atomic mass is 10.3. The van der Waals surface area contributed by atoms with E-state index >= 15 is 0 Å². The molecule has 0 radical (unpaired) electrons. The molecule has 0 saturated carbocycles. The van der Waals surface area contributed by atoms with Gasteiger partial charge >= 0.3 is 0 Å². The Hall–Kier alpha value is -1.81. The number of rotatable bonds is 4. The maximum absolute atomic E-state index is 5.70. The number of benzene rings is 1. The van der Waals surface area contributed by atoms with Gasteiger partial charge in [0, 0.05) is 0 Å². The van der Waals surface area contributed by atoms with E-state index in [9.17, 15) is 0 Å². The second kappa shape index (κ2) is 5.50. The second-order valence-electron chi connectivity index (χ2n) is 3.19. The molecule has 0 atom stereocenters. The number of ether oxygens (including phenoxy) is 2. The number of nitrogens with zero attached hydrogens (tertiary/aromatic N) is 2. The zero-order valence-corrected chi connectivity index (χ0v) is 10.0. The molecular weight excluding hydrogens is 240 g/mol. The summed E-state index contributed by atoms with van der Waals surface area (Å²) in [4.78, 5) is 7.86. The molecule has 0 fully saturated rings. The van der Waals surface area contributed by atoms with Gasteiger partial charge in [-0.3, -0.25) is 4.98 Å². The summed E-state index contributed by atoms with van der Waals surface area (Å²) in [6.45, 7) is 2.58. The van der Waals surface area contributed by atoms with Crippen molar-refractivity contribution in [3.05, 3.63) is 41.8 Å². The number of halogens is 1. The zero-order chi connectivity index (χ0) is 12.1. The van der Waals surface area contributed by atoms with Crippen LogP contribution in [0, 0.1) is 0 Å². The van der Waals surface area contributed by atoms with E-state index in [2.05, 4.69) is 9.97 Å². The van der Waals surface area contributed by atoms with Crippen LogP contribution < -0.4 is 9.47 Å². The van der Waals surface area contributed by atoms with Crippen molar-refractivity contribution < 1.29 is 9.47 Å². The fourth-order valence-electron chi connectivity index (χ4n) is 1.27. The highest BCUT2D eigenvalue weighted by Crippen LogP contribution is 2.22. The molecular formula is C12H11ClN2O2. The smallest absolute Gasteiger partial charge is 0.239 e. The van der Waals surface area contributed by atoms with Gasteiger partial charge in [0.1, 0.15) is 11.5 Å². The first-order valence-electron chi connectivity index (χ1n) is 5.16. The van der Waals surface area contributed by atoms with Crippen molar-refractivity contribution in [2.45, 2.75) is 6.92 Å². The van der Waals surface area contributed by atoms with E-state index in [1.807, 2.05) is 19.1 Å². The van der Waals surface area contributed by atoms with Crippen LogP contribution >= 0.6 is 11.6 Å². The molecule has 0 unspecified atom stereocenters. The molecule has 0 aliphatic rings. The highest BCUT2D eigenvalue weighted by molar-refractivity contribution is 6.29. The maximum Gasteiger partial charge on any atom is 0.239 e. The molecule has 1 aromatic heterocycles. The lowest BCUT2D eigenvalue weighted by molar-refractivity contribution is 0.339. The molecule has 0 aliphatic carbocycles. The monoisotopic (exact) mass is 250 g/mol. The number of hydrogen-bond acceptors (Lipinski definition) is 4. The Balaban J connectivity index is 2.08. The predicted molar refractivity (Wildman–Crippen MR) is 64.7 cm³/mol. The second-order valence-corrected chi connectivity index (χ2v) is 3.57. The molecule has 0 amide bonds. The van der Waals surface area contributed by atoms with Crippen LogP contribution in [0.4, 0.5) is 0 Å². The van der Waals surface area contributed by atoms with Crippen LogP contribution in [-0.4, -0.2) is 16.6 Å². The third-order valence-corrected chi connectivity index (χ3v) is 2.12. The Kier molecular flexibility index (Phi) is 3.77. The Morgan fingerprint density at radius 3 is 2.47 bits per heavy atom. The maximum atomic E-state index is 5.70. The van der Waals surface area contributed by atoms with Gasteiger partial charge < -0.3 is 9.47 Å². The minimum absolute atomic E-state index is 0.299. The average Bonchev–Trinajstić information content (AvgIpc) is 2.32. The van der Waals surface area contributed by atoms with Gasteiger partial charge in [0.25, 0.3) is 0 Å². The zero-order valence-electron chi connectivity index (χ0n) is 9.26. The van der Waals surface area contributed by atoms with Gasteiger partial charge in [-0.2, -0.15) is 4.98 Å². The first kappa shape index (κ1) is 11.7. The van der Waals surface area contributed by atoms with Crippen LogP contribution in [0.3, 0.4) is 0 Å². The molecule has 2 aromatic rings. The van der Waals surface area contributed by atoms with Crippen LogP contribution in [0.25, 0.3) is 0 Å². The van der Waals surface area contributed by atoms with Crippen molar-refractivity contribution in [2.24, 2.45) is 0 Å². The Labute approximate surface area is 104 Å². The van der Waals surface area contributed by atoms with E-state index in [-0.39, 0.29) is 0 Å². The fourth-order valence-corrected chi connectivity index (χ4v) is 1.41. The van der Waals surface area contributed by atoms with Crippen LogP contribution in [0.15, 0.2) is 36.7 Å². The highest BCUT2D eigenvalue weighted by Gasteiger charge is 2.00. The molecule has 0 bridgehead atoms. The van der Waals surface area contributed by atoms with Crippen molar-refractivity contribution >= 4 is 11.6 Å². The Morgan fingerprint density at radius 1 is 1.12 bits per heavy atom. The Bertz CT molecular complexity index is 488. The summed E-state index contributed by atoms with van der Waals surface area (Å²) in [5, 5.41) is 0.299. The first-order valence-corrected chi connectivity index (χ1v) is 5.54. The highest BCUT2D eigenvalue weighted by atomic mass is 35.5. The summed E-state index contributed by atoms with van der Waals surface area (Å²) < 4.78 is 10.8. The van der Waals surface area contributed by atoms with E-state index in [0.717, 1.165) is 5.75 Å². The molecule has 0 aliphatic heterocycles. The lowest BCUT2D eigenvalue weighted by Crippen LogP contribution is -1.92. The summed E-state index contributed by atoms with van der Waals surface area (Å²) in [6.07, 6.45) is 2.95. The largest absolute Gasteiger partial charge is 0.494 e. The van der Waals surface area contributed by atoms with Gasteiger partial charge in [-0.25, -0.2) is 0 Å². The average molecular weight is 251 g/mol. The van der Waals surface area contributed by atoms with E-state index in [1.165, 1.54) is 12.4 Å². The van der Waals surface area contributed by atoms with Gasteiger partial charge in [0.05, 0.1) is 19.0 Å². The normalized spacial score (nSPS) is 10.0. The van der Waals surface area contributed by atoms with Crippen molar-refractivity contribution in [3.8, 4) is 17.4 Å². The number of aromatic nitrogens is 2. The van der Waals surface area contributed by atoms with E-state index in [1.54, 1.807) is 12.1 Å². The Morgan fingerprint density at radius 2 is 1.82 bits per heavy atom. The van der Waals surface area contributed by atoms with Crippen LogP contribution in [0.2, 0.25) is 5.15 Å². The molecule has 1 heterocycles. The molecule has 5 heteroatoms. The van der Waals surface area contributed by atoms with E-state index < -0.39 is 0 Å². The minimum Gasteiger partial charge on any atom is -0.494 e. The third-order valence-electron chi connectivity index (χ3n) is 1.94. The number of hydrogen-bond donors (Lipinski definition) is 0.